The minimum Gasteiger partial charge on any atom is -0.435 e. The number of piperazine rings is 1. The molecule has 0 unspecified atom stereocenters. The highest BCUT2D eigenvalue weighted by Crippen LogP contribution is 2.39. The van der Waals surface area contributed by atoms with E-state index in [1.54, 1.807) is 4.90 Å². The fourth-order valence-electron chi connectivity index (χ4n) is 4.18. The molecule has 1 aromatic heterocycles. The Bertz CT molecular complexity index is 1420. The van der Waals surface area contributed by atoms with Crippen molar-refractivity contribution >= 4 is 23.3 Å². The molecule has 3 heterocycles. The third-order valence-electron chi connectivity index (χ3n) is 6.11. The molecule has 1 fully saturated rings. The van der Waals surface area contributed by atoms with E-state index in [0.717, 1.165) is 30.3 Å². The molecule has 3 aromatic rings. The van der Waals surface area contributed by atoms with Gasteiger partial charge in [0.25, 0.3) is 17.7 Å². The first-order valence-corrected chi connectivity index (χ1v) is 11.2. The van der Waals surface area contributed by atoms with E-state index in [1.165, 1.54) is 23.1 Å². The topological polar surface area (TPSA) is 87.7 Å². The van der Waals surface area contributed by atoms with Crippen LogP contribution in [0.4, 0.5) is 37.8 Å². The van der Waals surface area contributed by atoms with Crippen LogP contribution in [0.5, 0.6) is 11.6 Å². The Balaban J connectivity index is 1.31. The number of ether oxygens (including phenoxy) is 1. The molecule has 2 aliphatic heterocycles. The fraction of sp³-hybridized carbons (Fsp3) is 0.250. The number of carbonyl (C=O) groups is 2. The summed E-state index contributed by atoms with van der Waals surface area (Å²) in [5.41, 5.74) is -2.69. The third-order valence-corrected chi connectivity index (χ3v) is 6.11. The van der Waals surface area contributed by atoms with Gasteiger partial charge in [-0.2, -0.15) is 26.3 Å². The number of hydrogen-bond donors (Lipinski definition) is 1. The van der Waals surface area contributed by atoms with Crippen molar-refractivity contribution in [2.45, 2.75) is 12.4 Å². The number of benzene rings is 2. The summed E-state index contributed by atoms with van der Waals surface area (Å²) in [7, 11) is 0. The number of anilines is 2. The van der Waals surface area contributed by atoms with E-state index in [9.17, 15) is 35.9 Å². The van der Waals surface area contributed by atoms with Crippen LogP contribution in [0.25, 0.3) is 0 Å². The van der Waals surface area contributed by atoms with Gasteiger partial charge >= 0.3 is 12.4 Å². The van der Waals surface area contributed by atoms with Gasteiger partial charge in [0.2, 0.25) is 0 Å². The number of nitrogens with zero attached hydrogens (tertiary/aromatic N) is 4. The third kappa shape index (κ3) is 4.80. The van der Waals surface area contributed by atoms with Gasteiger partial charge in [-0.3, -0.25) is 9.59 Å². The Morgan fingerprint density at radius 1 is 0.895 bits per heavy atom. The number of nitrogens with one attached hydrogen (secondary N) is 1. The smallest absolute Gasteiger partial charge is 0.417 e. The van der Waals surface area contributed by atoms with Gasteiger partial charge in [0, 0.05) is 32.2 Å². The molecule has 0 bridgehead atoms. The van der Waals surface area contributed by atoms with Crippen LogP contribution in [0, 0.1) is 0 Å². The molecule has 2 amide bonds. The Kier molecular flexibility index (Phi) is 6.12. The Labute approximate surface area is 210 Å². The van der Waals surface area contributed by atoms with E-state index in [1.807, 2.05) is 0 Å². The molecule has 0 aliphatic carbocycles. The molecule has 0 radical (unpaired) electrons. The maximum atomic E-state index is 13.3. The molecule has 198 valence electrons. The summed E-state index contributed by atoms with van der Waals surface area (Å²) in [6.45, 7) is 0.534. The van der Waals surface area contributed by atoms with E-state index >= 15 is 0 Å². The molecular formula is C24H17F6N5O3. The number of amides is 2. The standard InChI is InChI=1S/C24H17F6N5O3/c25-23(26,27)13-5-6-18-17(11-13)31-20(36)15-12-19(32-33-21(15)38-18)34-7-9-35(10-8-34)22(37)14-3-1-2-4-16(14)24(28,29)30/h1-6,11-12H,7-10H2,(H,31,36). The summed E-state index contributed by atoms with van der Waals surface area (Å²) in [6.07, 6.45) is -9.30. The van der Waals surface area contributed by atoms with Crippen molar-refractivity contribution in [2.24, 2.45) is 0 Å². The molecule has 0 atom stereocenters. The fourth-order valence-corrected chi connectivity index (χ4v) is 4.18. The van der Waals surface area contributed by atoms with Crippen molar-refractivity contribution in [1.29, 1.82) is 0 Å². The molecule has 0 saturated carbocycles. The van der Waals surface area contributed by atoms with Gasteiger partial charge in [0.1, 0.15) is 5.56 Å². The maximum Gasteiger partial charge on any atom is 0.417 e. The van der Waals surface area contributed by atoms with Crippen LogP contribution in [-0.2, 0) is 12.4 Å². The van der Waals surface area contributed by atoms with Gasteiger partial charge in [-0.25, -0.2) is 0 Å². The average molecular weight is 537 g/mol. The van der Waals surface area contributed by atoms with Crippen LogP contribution in [0.2, 0.25) is 0 Å². The zero-order valence-corrected chi connectivity index (χ0v) is 19.2. The van der Waals surface area contributed by atoms with Crippen LogP contribution in [0.1, 0.15) is 31.8 Å². The zero-order chi connectivity index (χ0) is 27.2. The first-order valence-electron chi connectivity index (χ1n) is 11.2. The van der Waals surface area contributed by atoms with Crippen LogP contribution >= 0.6 is 0 Å². The number of carbonyl (C=O) groups excluding carboxylic acids is 2. The van der Waals surface area contributed by atoms with Crippen molar-refractivity contribution in [2.75, 3.05) is 36.4 Å². The molecule has 1 N–H and O–H groups in total. The SMILES string of the molecule is O=C1Nc2cc(C(F)(F)F)ccc2Oc2nnc(N3CCN(C(=O)c4ccccc4C(F)(F)F)CC3)cc21. The van der Waals surface area contributed by atoms with Gasteiger partial charge in [-0.1, -0.05) is 12.1 Å². The lowest BCUT2D eigenvalue weighted by atomic mass is 10.1. The first kappa shape index (κ1) is 25.3. The van der Waals surface area contributed by atoms with Crippen LogP contribution in [-0.4, -0.2) is 53.1 Å². The van der Waals surface area contributed by atoms with Crippen LogP contribution in [0.3, 0.4) is 0 Å². The zero-order valence-electron chi connectivity index (χ0n) is 19.2. The molecule has 2 aliphatic rings. The highest BCUT2D eigenvalue weighted by molar-refractivity contribution is 6.08. The first-order chi connectivity index (χ1) is 17.9. The quantitative estimate of drug-likeness (QED) is 0.471. The van der Waals surface area contributed by atoms with Gasteiger partial charge in [0.05, 0.1) is 22.4 Å². The van der Waals surface area contributed by atoms with Gasteiger partial charge in [0.15, 0.2) is 11.6 Å². The van der Waals surface area contributed by atoms with E-state index in [-0.39, 0.29) is 54.9 Å². The van der Waals surface area contributed by atoms with Crippen LogP contribution in [0.15, 0.2) is 48.5 Å². The molecular weight excluding hydrogens is 520 g/mol. The summed E-state index contributed by atoms with van der Waals surface area (Å²) in [6, 6.07) is 8.53. The lowest BCUT2D eigenvalue weighted by molar-refractivity contribution is -0.138. The second kappa shape index (κ2) is 9.19. The summed E-state index contributed by atoms with van der Waals surface area (Å²) in [4.78, 5) is 28.6. The number of rotatable bonds is 2. The monoisotopic (exact) mass is 537 g/mol. The predicted octanol–water partition coefficient (Wildman–Crippen LogP) is 4.83. The highest BCUT2D eigenvalue weighted by atomic mass is 19.4. The van der Waals surface area contributed by atoms with Crippen molar-refractivity contribution in [3.8, 4) is 11.6 Å². The molecule has 38 heavy (non-hydrogen) atoms. The largest absolute Gasteiger partial charge is 0.435 e. The predicted molar refractivity (Wildman–Crippen MR) is 121 cm³/mol. The van der Waals surface area contributed by atoms with Gasteiger partial charge < -0.3 is 19.9 Å². The number of alkyl halides is 6. The summed E-state index contributed by atoms with van der Waals surface area (Å²) < 4.78 is 84.7. The number of fused-ring (bicyclic) bond motifs is 2. The lowest BCUT2D eigenvalue weighted by Crippen LogP contribution is -2.49. The summed E-state index contributed by atoms with van der Waals surface area (Å²) in [5, 5.41) is 10.3. The lowest BCUT2D eigenvalue weighted by Gasteiger charge is -2.35. The molecule has 2 aromatic carbocycles. The minimum atomic E-state index is -4.68. The number of aromatic nitrogens is 2. The maximum absolute atomic E-state index is 13.3. The second-order valence-electron chi connectivity index (χ2n) is 8.51. The number of hydrogen-bond acceptors (Lipinski definition) is 6. The van der Waals surface area contributed by atoms with Crippen molar-refractivity contribution in [3.05, 3.63) is 70.8 Å². The summed E-state index contributed by atoms with van der Waals surface area (Å²) >= 11 is 0. The Morgan fingerprint density at radius 2 is 1.61 bits per heavy atom. The summed E-state index contributed by atoms with van der Waals surface area (Å²) in [5.74, 6) is -1.53. The molecule has 14 heteroatoms. The highest BCUT2D eigenvalue weighted by Gasteiger charge is 2.37. The average Bonchev–Trinajstić information content (AvgIpc) is 3.02. The van der Waals surface area contributed by atoms with E-state index < -0.39 is 40.9 Å². The van der Waals surface area contributed by atoms with E-state index in [4.69, 9.17) is 4.74 Å². The van der Waals surface area contributed by atoms with E-state index in [0.29, 0.717) is 0 Å². The van der Waals surface area contributed by atoms with Crippen LogP contribution < -0.4 is 15.0 Å². The van der Waals surface area contributed by atoms with Crippen molar-refractivity contribution < 1.29 is 40.7 Å². The Hall–Kier alpha value is -4.36. The second-order valence-corrected chi connectivity index (χ2v) is 8.51. The van der Waals surface area contributed by atoms with Crippen molar-refractivity contribution in [1.82, 2.24) is 15.1 Å². The Morgan fingerprint density at radius 3 is 2.29 bits per heavy atom. The molecule has 8 nitrogen and oxygen atoms in total. The number of halogens is 6. The minimum absolute atomic E-state index is 0.0431. The van der Waals surface area contributed by atoms with E-state index in [2.05, 4.69) is 15.5 Å². The van der Waals surface area contributed by atoms with Gasteiger partial charge in [-0.15, -0.1) is 10.2 Å². The van der Waals surface area contributed by atoms with Crippen molar-refractivity contribution in [3.63, 3.8) is 0 Å². The molecule has 5 rings (SSSR count). The van der Waals surface area contributed by atoms with Gasteiger partial charge in [-0.05, 0) is 30.3 Å². The molecule has 1 saturated heterocycles. The normalized spacial score (nSPS) is 15.7. The molecule has 0 spiro atoms.